The molecular formula is C21H23N3O2. The normalized spacial score (nSPS) is 15.3. The van der Waals surface area contributed by atoms with Crippen molar-refractivity contribution in [1.29, 1.82) is 0 Å². The summed E-state index contributed by atoms with van der Waals surface area (Å²) in [5.41, 5.74) is 4.51. The third-order valence-electron chi connectivity index (χ3n) is 5.08. The molecule has 5 heteroatoms. The quantitative estimate of drug-likeness (QED) is 0.752. The standard InChI is InChI=1S/C21H23N3O2/c1-13-8-10-15(11-9-13)19-18-17(12-14(2)22-21(18)26-24-19)20(25)23-16-6-4-3-5-7-16/h8-12,16H,3-7H2,1-2H3,(H,23,25). The molecule has 1 amide bonds. The first kappa shape index (κ1) is 16.8. The molecule has 1 aliphatic carbocycles. The second-order valence-electron chi connectivity index (χ2n) is 7.20. The number of carbonyl (C=O) groups excluding carboxylic acids is 1. The van der Waals surface area contributed by atoms with E-state index in [0.29, 0.717) is 22.4 Å². The monoisotopic (exact) mass is 349 g/mol. The van der Waals surface area contributed by atoms with Crippen LogP contribution in [0.2, 0.25) is 0 Å². The molecule has 0 spiro atoms. The van der Waals surface area contributed by atoms with Crippen molar-refractivity contribution in [2.45, 2.75) is 52.0 Å². The zero-order valence-electron chi connectivity index (χ0n) is 15.2. The third kappa shape index (κ3) is 3.21. The van der Waals surface area contributed by atoms with Gasteiger partial charge in [-0.3, -0.25) is 4.79 Å². The van der Waals surface area contributed by atoms with E-state index in [9.17, 15) is 4.79 Å². The van der Waals surface area contributed by atoms with Crippen LogP contribution in [0.5, 0.6) is 0 Å². The van der Waals surface area contributed by atoms with E-state index >= 15 is 0 Å². The van der Waals surface area contributed by atoms with Crippen LogP contribution in [-0.2, 0) is 0 Å². The summed E-state index contributed by atoms with van der Waals surface area (Å²) < 4.78 is 5.45. The van der Waals surface area contributed by atoms with Gasteiger partial charge in [-0.15, -0.1) is 0 Å². The highest BCUT2D eigenvalue weighted by Crippen LogP contribution is 2.31. The molecule has 2 aromatic heterocycles. The van der Waals surface area contributed by atoms with Crippen LogP contribution in [0, 0.1) is 13.8 Å². The summed E-state index contributed by atoms with van der Waals surface area (Å²) in [6.45, 7) is 3.91. The molecule has 0 unspecified atom stereocenters. The first-order chi connectivity index (χ1) is 12.6. The smallest absolute Gasteiger partial charge is 0.259 e. The number of aromatic nitrogens is 2. The van der Waals surface area contributed by atoms with Crippen molar-refractivity contribution in [3.63, 3.8) is 0 Å². The lowest BCUT2D eigenvalue weighted by molar-refractivity contribution is 0.0929. The van der Waals surface area contributed by atoms with Crippen LogP contribution in [0.3, 0.4) is 0 Å². The van der Waals surface area contributed by atoms with E-state index in [0.717, 1.165) is 24.1 Å². The topological polar surface area (TPSA) is 68.0 Å². The summed E-state index contributed by atoms with van der Waals surface area (Å²) in [6.07, 6.45) is 5.71. The Morgan fingerprint density at radius 1 is 1.12 bits per heavy atom. The first-order valence-corrected chi connectivity index (χ1v) is 9.27. The Morgan fingerprint density at radius 3 is 2.58 bits per heavy atom. The largest absolute Gasteiger partial charge is 0.349 e. The summed E-state index contributed by atoms with van der Waals surface area (Å²) in [5.74, 6) is -0.0658. The van der Waals surface area contributed by atoms with Gasteiger partial charge in [0.1, 0.15) is 5.69 Å². The number of hydrogen-bond acceptors (Lipinski definition) is 4. The Labute approximate surface area is 152 Å². The van der Waals surface area contributed by atoms with Crippen molar-refractivity contribution in [1.82, 2.24) is 15.5 Å². The molecule has 0 bridgehead atoms. The highest BCUT2D eigenvalue weighted by atomic mass is 16.5. The number of carbonyl (C=O) groups is 1. The van der Waals surface area contributed by atoms with Gasteiger partial charge < -0.3 is 9.84 Å². The number of fused-ring (bicyclic) bond motifs is 1. The van der Waals surface area contributed by atoms with E-state index in [1.54, 1.807) is 0 Å². The predicted octanol–water partition coefficient (Wildman–Crippen LogP) is 4.57. The van der Waals surface area contributed by atoms with Crippen molar-refractivity contribution >= 4 is 17.0 Å². The van der Waals surface area contributed by atoms with E-state index in [-0.39, 0.29) is 11.9 Å². The zero-order valence-corrected chi connectivity index (χ0v) is 15.2. The van der Waals surface area contributed by atoms with Crippen LogP contribution in [0.15, 0.2) is 34.9 Å². The Kier molecular flexibility index (Phi) is 4.45. The number of hydrogen-bond donors (Lipinski definition) is 1. The highest BCUT2D eigenvalue weighted by Gasteiger charge is 2.23. The molecule has 26 heavy (non-hydrogen) atoms. The van der Waals surface area contributed by atoms with Gasteiger partial charge in [-0.05, 0) is 32.8 Å². The number of rotatable bonds is 3. The van der Waals surface area contributed by atoms with E-state index in [2.05, 4.69) is 15.5 Å². The number of benzene rings is 1. The Morgan fingerprint density at radius 2 is 1.85 bits per heavy atom. The first-order valence-electron chi connectivity index (χ1n) is 9.27. The number of pyridine rings is 1. The van der Waals surface area contributed by atoms with Crippen LogP contribution in [0.25, 0.3) is 22.4 Å². The summed E-state index contributed by atoms with van der Waals surface area (Å²) in [7, 11) is 0. The fourth-order valence-electron chi connectivity index (χ4n) is 3.67. The number of aryl methyl sites for hydroxylation is 2. The second kappa shape index (κ2) is 6.90. The highest BCUT2D eigenvalue weighted by molar-refractivity contribution is 6.09. The summed E-state index contributed by atoms with van der Waals surface area (Å²) in [4.78, 5) is 17.4. The van der Waals surface area contributed by atoms with E-state index < -0.39 is 0 Å². The van der Waals surface area contributed by atoms with Gasteiger partial charge in [0, 0.05) is 17.3 Å². The minimum absolute atomic E-state index is 0.0658. The predicted molar refractivity (Wildman–Crippen MR) is 101 cm³/mol. The molecular weight excluding hydrogens is 326 g/mol. The molecule has 134 valence electrons. The second-order valence-corrected chi connectivity index (χ2v) is 7.20. The van der Waals surface area contributed by atoms with Gasteiger partial charge in [0.05, 0.1) is 10.9 Å². The average molecular weight is 349 g/mol. The van der Waals surface area contributed by atoms with Crippen molar-refractivity contribution in [3.8, 4) is 11.3 Å². The Hall–Kier alpha value is -2.69. The average Bonchev–Trinajstić information content (AvgIpc) is 3.06. The van der Waals surface area contributed by atoms with Crippen LogP contribution in [0.4, 0.5) is 0 Å². The van der Waals surface area contributed by atoms with Crippen molar-refractivity contribution in [3.05, 3.63) is 47.2 Å². The molecule has 1 aromatic carbocycles. The van der Waals surface area contributed by atoms with Crippen molar-refractivity contribution in [2.24, 2.45) is 0 Å². The van der Waals surface area contributed by atoms with Gasteiger partial charge in [-0.1, -0.05) is 54.2 Å². The van der Waals surface area contributed by atoms with E-state index in [4.69, 9.17) is 4.52 Å². The summed E-state index contributed by atoms with van der Waals surface area (Å²) in [5, 5.41) is 8.09. The molecule has 5 nitrogen and oxygen atoms in total. The van der Waals surface area contributed by atoms with Crippen LogP contribution in [-0.4, -0.2) is 22.1 Å². The van der Waals surface area contributed by atoms with E-state index in [1.165, 1.54) is 24.8 Å². The SMILES string of the molecule is Cc1ccc(-c2noc3nc(C)cc(C(=O)NC4CCCCC4)c23)cc1. The molecule has 1 fully saturated rings. The van der Waals surface area contributed by atoms with Gasteiger partial charge in [0.15, 0.2) is 0 Å². The van der Waals surface area contributed by atoms with Gasteiger partial charge >= 0.3 is 0 Å². The van der Waals surface area contributed by atoms with Gasteiger partial charge in [-0.25, -0.2) is 4.98 Å². The lowest BCUT2D eigenvalue weighted by atomic mass is 9.95. The fraction of sp³-hybridized carbons (Fsp3) is 0.381. The van der Waals surface area contributed by atoms with Crippen LogP contribution in [0.1, 0.15) is 53.7 Å². The number of nitrogens with one attached hydrogen (secondary N) is 1. The molecule has 0 aliphatic heterocycles. The van der Waals surface area contributed by atoms with Crippen LogP contribution < -0.4 is 5.32 Å². The van der Waals surface area contributed by atoms with Crippen LogP contribution >= 0.6 is 0 Å². The number of amides is 1. The molecule has 2 heterocycles. The van der Waals surface area contributed by atoms with Gasteiger partial charge in [0.2, 0.25) is 0 Å². The van der Waals surface area contributed by atoms with Gasteiger partial charge in [-0.2, -0.15) is 0 Å². The summed E-state index contributed by atoms with van der Waals surface area (Å²) >= 11 is 0. The lowest BCUT2D eigenvalue weighted by Crippen LogP contribution is -2.36. The minimum Gasteiger partial charge on any atom is -0.349 e. The molecule has 0 atom stereocenters. The molecule has 3 aromatic rings. The summed E-state index contributed by atoms with van der Waals surface area (Å²) in [6, 6.07) is 10.1. The van der Waals surface area contributed by atoms with Crippen molar-refractivity contribution in [2.75, 3.05) is 0 Å². The Balaban J connectivity index is 1.76. The molecule has 1 saturated carbocycles. The molecule has 0 saturated heterocycles. The van der Waals surface area contributed by atoms with Crippen molar-refractivity contribution < 1.29 is 9.32 Å². The van der Waals surface area contributed by atoms with E-state index in [1.807, 2.05) is 44.2 Å². The molecule has 1 N–H and O–H groups in total. The zero-order chi connectivity index (χ0) is 18.1. The lowest BCUT2D eigenvalue weighted by Gasteiger charge is -2.23. The molecule has 1 aliphatic rings. The Bertz CT molecular complexity index is 938. The molecule has 0 radical (unpaired) electrons. The maximum atomic E-state index is 13.0. The molecule has 4 rings (SSSR count). The maximum Gasteiger partial charge on any atom is 0.259 e. The minimum atomic E-state index is -0.0658. The third-order valence-corrected chi connectivity index (χ3v) is 5.08. The number of nitrogens with zero attached hydrogens (tertiary/aromatic N) is 2. The van der Waals surface area contributed by atoms with Gasteiger partial charge in [0.25, 0.3) is 11.6 Å². The maximum absolute atomic E-state index is 13.0. The fourth-order valence-corrected chi connectivity index (χ4v) is 3.67.